The Morgan fingerprint density at radius 3 is 2.58 bits per heavy atom. The standard InChI is InChI=1S/C16H16N2O4S2/c1-10-5-4-6-13-15(10)17-16(23-13)18-24(19,20)14-9-11(21-2)7-8-12(14)22-3/h4-9H,1-3H3,(H,17,18). The lowest BCUT2D eigenvalue weighted by molar-refractivity contribution is 0.392. The monoisotopic (exact) mass is 364 g/mol. The molecule has 0 saturated heterocycles. The van der Waals surface area contributed by atoms with E-state index in [0.29, 0.717) is 10.9 Å². The topological polar surface area (TPSA) is 77.5 Å². The zero-order valence-corrected chi connectivity index (χ0v) is 15.0. The highest BCUT2D eigenvalue weighted by atomic mass is 32.2. The second kappa shape index (κ2) is 6.29. The molecule has 0 amide bonds. The predicted molar refractivity (Wildman–Crippen MR) is 94.7 cm³/mol. The maximum Gasteiger partial charge on any atom is 0.267 e. The van der Waals surface area contributed by atoms with E-state index in [-0.39, 0.29) is 10.6 Å². The number of hydrogen-bond donors (Lipinski definition) is 1. The van der Waals surface area contributed by atoms with E-state index in [0.717, 1.165) is 15.8 Å². The van der Waals surface area contributed by atoms with Crippen LogP contribution in [0.1, 0.15) is 5.56 Å². The van der Waals surface area contributed by atoms with Gasteiger partial charge in [-0.15, -0.1) is 0 Å². The van der Waals surface area contributed by atoms with Gasteiger partial charge in [0.15, 0.2) is 5.13 Å². The summed E-state index contributed by atoms with van der Waals surface area (Å²) in [5.41, 5.74) is 1.78. The second-order valence-electron chi connectivity index (χ2n) is 5.06. The molecular weight excluding hydrogens is 348 g/mol. The third-order valence-electron chi connectivity index (χ3n) is 3.50. The first-order valence-corrected chi connectivity index (χ1v) is 9.35. The number of anilines is 1. The number of aryl methyl sites for hydroxylation is 1. The molecule has 0 aliphatic rings. The van der Waals surface area contributed by atoms with Gasteiger partial charge in [0.05, 0.1) is 24.4 Å². The normalized spacial score (nSPS) is 11.5. The molecule has 0 atom stereocenters. The summed E-state index contributed by atoms with van der Waals surface area (Å²) in [7, 11) is -0.964. The minimum atomic E-state index is -3.86. The van der Waals surface area contributed by atoms with Gasteiger partial charge in [-0.3, -0.25) is 4.72 Å². The highest BCUT2D eigenvalue weighted by molar-refractivity contribution is 7.93. The predicted octanol–water partition coefficient (Wildman–Crippen LogP) is 3.42. The van der Waals surface area contributed by atoms with Crippen molar-refractivity contribution < 1.29 is 17.9 Å². The number of benzene rings is 2. The number of rotatable bonds is 5. The summed E-state index contributed by atoms with van der Waals surface area (Å²) in [4.78, 5) is 4.38. The molecule has 0 saturated carbocycles. The smallest absolute Gasteiger partial charge is 0.267 e. The number of aromatic nitrogens is 1. The summed E-state index contributed by atoms with van der Waals surface area (Å²) in [5.74, 6) is 0.664. The lowest BCUT2D eigenvalue weighted by atomic mass is 10.2. The Morgan fingerprint density at radius 2 is 1.92 bits per heavy atom. The van der Waals surface area contributed by atoms with Gasteiger partial charge in [-0.2, -0.15) is 0 Å². The number of nitrogens with one attached hydrogen (secondary N) is 1. The third-order valence-corrected chi connectivity index (χ3v) is 5.93. The van der Waals surface area contributed by atoms with Crippen molar-refractivity contribution in [3.8, 4) is 11.5 Å². The molecule has 24 heavy (non-hydrogen) atoms. The fraction of sp³-hybridized carbons (Fsp3) is 0.188. The minimum Gasteiger partial charge on any atom is -0.497 e. The molecule has 8 heteroatoms. The van der Waals surface area contributed by atoms with Gasteiger partial charge in [0.2, 0.25) is 0 Å². The van der Waals surface area contributed by atoms with Crippen LogP contribution in [0, 0.1) is 6.92 Å². The molecule has 1 aromatic heterocycles. The van der Waals surface area contributed by atoms with Gasteiger partial charge in [-0.25, -0.2) is 13.4 Å². The summed E-state index contributed by atoms with van der Waals surface area (Å²) in [6.07, 6.45) is 0. The average molecular weight is 364 g/mol. The molecule has 0 bridgehead atoms. The Hall–Kier alpha value is -2.32. The molecule has 2 aromatic carbocycles. The van der Waals surface area contributed by atoms with E-state index in [1.54, 1.807) is 12.1 Å². The SMILES string of the molecule is COc1ccc(OC)c(S(=O)(=O)Nc2nc3c(C)cccc3s2)c1. The molecule has 6 nitrogen and oxygen atoms in total. The van der Waals surface area contributed by atoms with Crippen LogP contribution in [0.4, 0.5) is 5.13 Å². The van der Waals surface area contributed by atoms with Crippen LogP contribution in [0.2, 0.25) is 0 Å². The summed E-state index contributed by atoms with van der Waals surface area (Å²) < 4.78 is 39.2. The van der Waals surface area contributed by atoms with Gasteiger partial charge in [-0.05, 0) is 30.7 Å². The van der Waals surface area contributed by atoms with E-state index in [1.807, 2.05) is 25.1 Å². The molecular formula is C16H16N2O4S2. The van der Waals surface area contributed by atoms with Crippen molar-refractivity contribution in [2.45, 2.75) is 11.8 Å². The highest BCUT2D eigenvalue weighted by Gasteiger charge is 2.22. The minimum absolute atomic E-state index is 0.000304. The Kier molecular flexibility index (Phi) is 4.33. The van der Waals surface area contributed by atoms with Crippen molar-refractivity contribution in [2.75, 3.05) is 18.9 Å². The van der Waals surface area contributed by atoms with Crippen molar-refractivity contribution in [1.29, 1.82) is 0 Å². The van der Waals surface area contributed by atoms with E-state index in [1.165, 1.54) is 31.6 Å². The molecule has 1 N–H and O–H groups in total. The second-order valence-corrected chi connectivity index (χ2v) is 7.74. The number of thiazole rings is 1. The van der Waals surface area contributed by atoms with E-state index in [2.05, 4.69) is 9.71 Å². The fourth-order valence-electron chi connectivity index (χ4n) is 2.29. The quantitative estimate of drug-likeness (QED) is 0.750. The molecule has 0 radical (unpaired) electrons. The molecule has 0 aliphatic heterocycles. The van der Waals surface area contributed by atoms with Crippen LogP contribution < -0.4 is 14.2 Å². The lowest BCUT2D eigenvalue weighted by Gasteiger charge is -2.11. The van der Waals surface area contributed by atoms with E-state index < -0.39 is 10.0 Å². The summed E-state index contributed by atoms with van der Waals surface area (Å²) >= 11 is 1.28. The Morgan fingerprint density at radius 1 is 1.12 bits per heavy atom. The number of para-hydroxylation sites is 1. The van der Waals surface area contributed by atoms with Crippen molar-refractivity contribution in [2.24, 2.45) is 0 Å². The molecule has 0 spiro atoms. The number of sulfonamides is 1. The first-order valence-electron chi connectivity index (χ1n) is 7.05. The summed E-state index contributed by atoms with van der Waals surface area (Å²) in [6, 6.07) is 10.4. The third kappa shape index (κ3) is 3.02. The summed E-state index contributed by atoms with van der Waals surface area (Å²) in [5, 5.41) is 0.309. The Balaban J connectivity index is 2.03. The van der Waals surface area contributed by atoms with Crippen molar-refractivity contribution in [1.82, 2.24) is 4.98 Å². The Labute approximate surface area is 144 Å². The molecule has 0 fully saturated rings. The van der Waals surface area contributed by atoms with Gasteiger partial charge >= 0.3 is 0 Å². The van der Waals surface area contributed by atoms with Crippen LogP contribution >= 0.6 is 11.3 Å². The van der Waals surface area contributed by atoms with Gasteiger partial charge in [0, 0.05) is 6.07 Å². The van der Waals surface area contributed by atoms with Gasteiger partial charge in [0.25, 0.3) is 10.0 Å². The number of methoxy groups -OCH3 is 2. The molecule has 126 valence electrons. The fourth-order valence-corrected chi connectivity index (χ4v) is 4.66. The van der Waals surface area contributed by atoms with E-state index in [9.17, 15) is 8.42 Å². The molecule has 0 aliphatic carbocycles. The van der Waals surface area contributed by atoms with Crippen LogP contribution in [-0.4, -0.2) is 27.6 Å². The van der Waals surface area contributed by atoms with Crippen molar-refractivity contribution >= 4 is 36.7 Å². The zero-order valence-electron chi connectivity index (χ0n) is 13.4. The average Bonchev–Trinajstić information content (AvgIpc) is 2.97. The maximum atomic E-state index is 12.7. The van der Waals surface area contributed by atoms with Crippen LogP contribution in [0.5, 0.6) is 11.5 Å². The van der Waals surface area contributed by atoms with Gasteiger partial charge in [0.1, 0.15) is 16.4 Å². The van der Waals surface area contributed by atoms with Gasteiger partial charge in [-0.1, -0.05) is 23.5 Å². The lowest BCUT2D eigenvalue weighted by Crippen LogP contribution is -2.14. The maximum absolute atomic E-state index is 12.7. The van der Waals surface area contributed by atoms with Crippen LogP contribution in [0.25, 0.3) is 10.2 Å². The first kappa shape index (κ1) is 16.5. The molecule has 0 unspecified atom stereocenters. The van der Waals surface area contributed by atoms with Crippen LogP contribution in [0.15, 0.2) is 41.3 Å². The molecule has 3 aromatic rings. The molecule has 3 rings (SSSR count). The number of ether oxygens (including phenoxy) is 2. The number of hydrogen-bond acceptors (Lipinski definition) is 6. The van der Waals surface area contributed by atoms with E-state index >= 15 is 0 Å². The van der Waals surface area contributed by atoms with Gasteiger partial charge < -0.3 is 9.47 Å². The van der Waals surface area contributed by atoms with Crippen LogP contribution in [-0.2, 0) is 10.0 Å². The van der Waals surface area contributed by atoms with Crippen molar-refractivity contribution in [3.05, 3.63) is 42.0 Å². The first-order chi connectivity index (χ1) is 11.4. The zero-order chi connectivity index (χ0) is 17.3. The largest absolute Gasteiger partial charge is 0.497 e. The summed E-state index contributed by atoms with van der Waals surface area (Å²) in [6.45, 7) is 1.94. The van der Waals surface area contributed by atoms with Crippen molar-refractivity contribution in [3.63, 3.8) is 0 Å². The molecule has 1 heterocycles. The van der Waals surface area contributed by atoms with Crippen LogP contribution in [0.3, 0.4) is 0 Å². The number of nitrogens with zero attached hydrogens (tertiary/aromatic N) is 1. The van der Waals surface area contributed by atoms with E-state index in [4.69, 9.17) is 9.47 Å². The highest BCUT2D eigenvalue weighted by Crippen LogP contribution is 2.33. The number of fused-ring (bicyclic) bond motifs is 1. The Bertz CT molecular complexity index is 996.